The van der Waals surface area contributed by atoms with Crippen molar-refractivity contribution < 1.29 is 19.4 Å². The van der Waals surface area contributed by atoms with Crippen LogP contribution < -0.4 is 4.74 Å². The number of hydrogen-bond donors (Lipinski definition) is 1. The number of halogens is 1. The Kier molecular flexibility index (Phi) is 3.50. The lowest BCUT2D eigenvalue weighted by atomic mass is 10.3. The quantitative estimate of drug-likeness (QED) is 0.505. The Balaban J connectivity index is 3.22. The van der Waals surface area contributed by atoms with E-state index < -0.39 is 5.97 Å². The summed E-state index contributed by atoms with van der Waals surface area (Å²) in [5, 5.41) is 9.43. The Hall–Kier alpha value is -1.05. The molecular weight excluding hydrogens is 301 g/mol. The first-order valence-electron chi connectivity index (χ1n) is 3.62. The SMILES string of the molecule is COC(=O)c1cc(OC)c(O)c(I)n1. The lowest BCUT2D eigenvalue weighted by molar-refractivity contribution is 0.0593. The van der Waals surface area contributed by atoms with Crippen molar-refractivity contribution in [2.75, 3.05) is 14.2 Å². The van der Waals surface area contributed by atoms with Crippen LogP contribution in [0.1, 0.15) is 10.5 Å². The molecule has 0 saturated carbocycles. The Morgan fingerprint density at radius 3 is 2.71 bits per heavy atom. The first-order chi connectivity index (χ1) is 6.60. The second kappa shape index (κ2) is 4.45. The molecule has 0 saturated heterocycles. The molecule has 6 heteroatoms. The van der Waals surface area contributed by atoms with Gasteiger partial charge < -0.3 is 14.6 Å². The zero-order valence-electron chi connectivity index (χ0n) is 7.57. The molecule has 1 aromatic heterocycles. The van der Waals surface area contributed by atoms with E-state index in [2.05, 4.69) is 9.72 Å². The van der Waals surface area contributed by atoms with Crippen LogP contribution in [0, 0.1) is 3.70 Å². The largest absolute Gasteiger partial charge is 0.502 e. The van der Waals surface area contributed by atoms with Gasteiger partial charge in [0.25, 0.3) is 0 Å². The molecule has 0 aliphatic heterocycles. The van der Waals surface area contributed by atoms with Crippen LogP contribution in [-0.2, 0) is 4.74 Å². The molecule has 0 aromatic carbocycles. The summed E-state index contributed by atoms with van der Waals surface area (Å²) in [5.74, 6) is -0.452. The van der Waals surface area contributed by atoms with E-state index in [9.17, 15) is 9.90 Å². The summed E-state index contributed by atoms with van der Waals surface area (Å²) >= 11 is 1.80. The van der Waals surface area contributed by atoms with Crippen LogP contribution in [0.3, 0.4) is 0 Å². The molecule has 0 atom stereocenters. The Labute approximate surface area is 94.2 Å². The standard InChI is InChI=1S/C8H8INO4/c1-13-5-3-4(8(12)14-2)10-7(9)6(5)11/h3,11H,1-2H3. The molecule has 0 radical (unpaired) electrons. The van der Waals surface area contributed by atoms with Gasteiger partial charge in [-0.15, -0.1) is 0 Å². The fraction of sp³-hybridized carbons (Fsp3) is 0.250. The summed E-state index contributed by atoms with van der Waals surface area (Å²) < 4.78 is 9.64. The second-order valence-corrected chi connectivity index (χ2v) is 3.36. The molecule has 0 unspecified atom stereocenters. The lowest BCUT2D eigenvalue weighted by Crippen LogP contribution is -2.05. The van der Waals surface area contributed by atoms with Crippen LogP contribution in [0.25, 0.3) is 0 Å². The van der Waals surface area contributed by atoms with Crippen molar-refractivity contribution in [2.24, 2.45) is 0 Å². The minimum Gasteiger partial charge on any atom is -0.502 e. The van der Waals surface area contributed by atoms with Crippen molar-refractivity contribution in [1.29, 1.82) is 0 Å². The number of pyridine rings is 1. The average Bonchev–Trinajstić information content (AvgIpc) is 2.20. The minimum atomic E-state index is -0.568. The van der Waals surface area contributed by atoms with Crippen molar-refractivity contribution in [3.63, 3.8) is 0 Å². The molecule has 14 heavy (non-hydrogen) atoms. The van der Waals surface area contributed by atoms with Crippen LogP contribution in [0.4, 0.5) is 0 Å². The highest BCUT2D eigenvalue weighted by Gasteiger charge is 2.15. The maximum atomic E-state index is 11.1. The van der Waals surface area contributed by atoms with Gasteiger partial charge in [0.2, 0.25) is 0 Å². The maximum absolute atomic E-state index is 11.1. The molecule has 0 bridgehead atoms. The molecule has 0 fully saturated rings. The van der Waals surface area contributed by atoms with Crippen LogP contribution in [0.5, 0.6) is 11.5 Å². The molecule has 0 amide bonds. The van der Waals surface area contributed by atoms with Crippen LogP contribution in [0.15, 0.2) is 6.07 Å². The molecule has 1 heterocycles. The average molecular weight is 309 g/mol. The molecule has 1 rings (SSSR count). The van der Waals surface area contributed by atoms with Gasteiger partial charge in [0.1, 0.15) is 3.70 Å². The smallest absolute Gasteiger partial charge is 0.356 e. The van der Waals surface area contributed by atoms with E-state index >= 15 is 0 Å². The summed E-state index contributed by atoms with van der Waals surface area (Å²) in [4.78, 5) is 15.0. The molecule has 0 aliphatic rings. The predicted octanol–water partition coefficient (Wildman–Crippen LogP) is 1.19. The number of ether oxygens (including phenoxy) is 2. The Bertz CT molecular complexity index is 367. The first-order valence-corrected chi connectivity index (χ1v) is 4.69. The number of esters is 1. The fourth-order valence-electron chi connectivity index (χ4n) is 0.850. The van der Waals surface area contributed by atoms with E-state index in [0.29, 0.717) is 3.70 Å². The fourth-order valence-corrected chi connectivity index (χ4v) is 1.38. The number of methoxy groups -OCH3 is 2. The topological polar surface area (TPSA) is 68.7 Å². The van der Waals surface area contributed by atoms with Gasteiger partial charge in [0.15, 0.2) is 17.2 Å². The van der Waals surface area contributed by atoms with Gasteiger partial charge in [-0.3, -0.25) is 0 Å². The number of carbonyl (C=O) groups is 1. The van der Waals surface area contributed by atoms with E-state index in [4.69, 9.17) is 4.74 Å². The summed E-state index contributed by atoms with van der Waals surface area (Å²) in [6.07, 6.45) is 0. The van der Waals surface area contributed by atoms with E-state index in [1.54, 1.807) is 22.6 Å². The lowest BCUT2D eigenvalue weighted by Gasteiger charge is -2.06. The van der Waals surface area contributed by atoms with E-state index in [-0.39, 0.29) is 17.2 Å². The summed E-state index contributed by atoms with van der Waals surface area (Å²) in [5.41, 5.74) is 0.103. The third kappa shape index (κ3) is 2.06. The van der Waals surface area contributed by atoms with Gasteiger partial charge in [-0.1, -0.05) is 0 Å². The minimum absolute atomic E-state index is 0.0826. The van der Waals surface area contributed by atoms with Crippen LogP contribution >= 0.6 is 22.6 Å². The number of hydrogen-bond acceptors (Lipinski definition) is 5. The number of aromatic hydroxyl groups is 1. The van der Waals surface area contributed by atoms with Gasteiger partial charge in [0, 0.05) is 6.07 Å². The van der Waals surface area contributed by atoms with E-state index in [1.165, 1.54) is 20.3 Å². The van der Waals surface area contributed by atoms with Crippen LogP contribution in [0.2, 0.25) is 0 Å². The van der Waals surface area contributed by atoms with Crippen molar-refractivity contribution in [1.82, 2.24) is 4.98 Å². The molecular formula is C8H8INO4. The summed E-state index contributed by atoms with van der Waals surface area (Å²) in [7, 11) is 2.66. The monoisotopic (exact) mass is 309 g/mol. The zero-order valence-corrected chi connectivity index (χ0v) is 9.73. The Morgan fingerprint density at radius 1 is 1.57 bits per heavy atom. The predicted molar refractivity (Wildman–Crippen MR) is 56.5 cm³/mol. The van der Waals surface area contributed by atoms with Crippen molar-refractivity contribution in [3.05, 3.63) is 15.5 Å². The number of aromatic nitrogens is 1. The molecule has 76 valence electrons. The highest BCUT2D eigenvalue weighted by atomic mass is 127. The van der Waals surface area contributed by atoms with Gasteiger partial charge in [-0.25, -0.2) is 9.78 Å². The maximum Gasteiger partial charge on any atom is 0.356 e. The Morgan fingerprint density at radius 2 is 2.21 bits per heavy atom. The van der Waals surface area contributed by atoms with Gasteiger partial charge in [-0.05, 0) is 22.6 Å². The zero-order chi connectivity index (χ0) is 10.7. The third-order valence-corrected chi connectivity index (χ3v) is 2.28. The molecule has 0 aliphatic carbocycles. The first kappa shape index (κ1) is 11.0. The number of carbonyl (C=O) groups excluding carboxylic acids is 1. The summed E-state index contributed by atoms with van der Waals surface area (Å²) in [6.45, 7) is 0. The van der Waals surface area contributed by atoms with Gasteiger partial charge in [0.05, 0.1) is 14.2 Å². The van der Waals surface area contributed by atoms with E-state index in [0.717, 1.165) is 0 Å². The molecule has 1 N–H and O–H groups in total. The van der Waals surface area contributed by atoms with Crippen molar-refractivity contribution >= 4 is 28.6 Å². The second-order valence-electron chi connectivity index (χ2n) is 2.34. The highest BCUT2D eigenvalue weighted by Crippen LogP contribution is 2.30. The molecule has 5 nitrogen and oxygen atoms in total. The van der Waals surface area contributed by atoms with Gasteiger partial charge in [-0.2, -0.15) is 0 Å². The van der Waals surface area contributed by atoms with Crippen molar-refractivity contribution in [2.45, 2.75) is 0 Å². The number of rotatable bonds is 2. The molecule has 0 spiro atoms. The van der Waals surface area contributed by atoms with Gasteiger partial charge >= 0.3 is 5.97 Å². The molecule has 1 aromatic rings. The summed E-state index contributed by atoms with van der Waals surface area (Å²) in [6, 6.07) is 1.32. The normalized spacial score (nSPS) is 9.64. The van der Waals surface area contributed by atoms with E-state index in [1.807, 2.05) is 0 Å². The number of nitrogens with zero attached hydrogens (tertiary/aromatic N) is 1. The van der Waals surface area contributed by atoms with Crippen molar-refractivity contribution in [3.8, 4) is 11.5 Å². The van der Waals surface area contributed by atoms with Crippen LogP contribution in [-0.4, -0.2) is 30.3 Å². The highest BCUT2D eigenvalue weighted by molar-refractivity contribution is 14.1. The third-order valence-electron chi connectivity index (χ3n) is 1.53.